The number of nitrogens with zero attached hydrogens (tertiary/aromatic N) is 4. The van der Waals surface area contributed by atoms with Crippen molar-refractivity contribution in [1.29, 1.82) is 0 Å². The minimum atomic E-state index is -4.73. The molecule has 6 nitrogen and oxygen atoms in total. The maximum atomic E-state index is 13.0. The van der Waals surface area contributed by atoms with Crippen LogP contribution in [0.2, 0.25) is 0 Å². The molecule has 2 aromatic heterocycles. The molecule has 4 aromatic rings. The number of amides is 1. The smallest absolute Gasteiger partial charge is 0.406 e. The van der Waals surface area contributed by atoms with Crippen LogP contribution in [-0.2, 0) is 6.54 Å². The summed E-state index contributed by atoms with van der Waals surface area (Å²) in [7, 11) is 0. The summed E-state index contributed by atoms with van der Waals surface area (Å²) in [5.41, 5.74) is 2.28. The van der Waals surface area contributed by atoms with Gasteiger partial charge in [0.15, 0.2) is 0 Å². The SMILES string of the molecule is CCN(Cc1cnc(-c2ccc(OC(F)(F)F)cc2)s1)C(=O)c1cnc2ccccc2n1. The second-order valence-electron chi connectivity index (χ2n) is 6.77. The number of halogens is 3. The molecule has 0 unspecified atom stereocenters. The van der Waals surface area contributed by atoms with E-state index < -0.39 is 6.36 Å². The highest BCUT2D eigenvalue weighted by molar-refractivity contribution is 7.15. The number of carbonyl (C=O) groups is 1. The van der Waals surface area contributed by atoms with E-state index >= 15 is 0 Å². The summed E-state index contributed by atoms with van der Waals surface area (Å²) in [5.74, 6) is -0.536. The predicted molar refractivity (Wildman–Crippen MR) is 114 cm³/mol. The van der Waals surface area contributed by atoms with Crippen LogP contribution in [0.3, 0.4) is 0 Å². The molecular formula is C22H17F3N4O2S. The number of thiazole rings is 1. The minimum absolute atomic E-state index is 0.241. The third kappa shape index (κ3) is 5.02. The first-order valence-electron chi connectivity index (χ1n) is 9.64. The number of aromatic nitrogens is 3. The molecule has 1 amide bonds. The van der Waals surface area contributed by atoms with E-state index in [0.29, 0.717) is 34.7 Å². The van der Waals surface area contributed by atoms with Crippen LogP contribution >= 0.6 is 11.3 Å². The number of hydrogen-bond donors (Lipinski definition) is 0. The molecular weight excluding hydrogens is 441 g/mol. The Morgan fingerprint density at radius 2 is 1.75 bits per heavy atom. The van der Waals surface area contributed by atoms with Gasteiger partial charge in [0.25, 0.3) is 5.91 Å². The highest BCUT2D eigenvalue weighted by atomic mass is 32.1. The fraction of sp³-hybridized carbons (Fsp3) is 0.182. The van der Waals surface area contributed by atoms with Crippen LogP contribution in [-0.4, -0.2) is 38.7 Å². The van der Waals surface area contributed by atoms with Gasteiger partial charge in [0.1, 0.15) is 16.5 Å². The molecule has 0 bridgehead atoms. The first-order chi connectivity index (χ1) is 15.3. The van der Waals surface area contributed by atoms with Crippen LogP contribution in [0.1, 0.15) is 22.3 Å². The second-order valence-corrected chi connectivity index (χ2v) is 7.88. The van der Waals surface area contributed by atoms with Crippen LogP contribution in [0, 0.1) is 0 Å². The fourth-order valence-electron chi connectivity index (χ4n) is 3.05. The average molecular weight is 458 g/mol. The normalized spacial score (nSPS) is 11.5. The molecule has 0 radical (unpaired) electrons. The zero-order valence-corrected chi connectivity index (χ0v) is 17.7. The molecule has 2 aromatic carbocycles. The van der Waals surface area contributed by atoms with Gasteiger partial charge in [-0.15, -0.1) is 24.5 Å². The van der Waals surface area contributed by atoms with Crippen molar-refractivity contribution in [1.82, 2.24) is 19.9 Å². The maximum Gasteiger partial charge on any atom is 0.573 e. The number of rotatable bonds is 6. The zero-order valence-electron chi connectivity index (χ0n) is 16.8. The Hall–Kier alpha value is -3.53. The van der Waals surface area contributed by atoms with Crippen molar-refractivity contribution < 1.29 is 22.7 Å². The van der Waals surface area contributed by atoms with Gasteiger partial charge in [0.2, 0.25) is 0 Å². The first-order valence-corrected chi connectivity index (χ1v) is 10.5. The standard InChI is InChI=1S/C22H17F3N4O2S/c1-2-29(21(30)19-12-26-17-5-3-4-6-18(17)28-19)13-16-11-27-20(32-16)14-7-9-15(10-8-14)31-22(23,24)25/h3-12H,2,13H2,1H3. The zero-order chi connectivity index (χ0) is 22.7. The lowest BCUT2D eigenvalue weighted by atomic mass is 10.2. The average Bonchev–Trinajstić information content (AvgIpc) is 3.24. The molecule has 0 aliphatic heterocycles. The fourth-order valence-corrected chi connectivity index (χ4v) is 3.98. The maximum absolute atomic E-state index is 13.0. The third-order valence-corrected chi connectivity index (χ3v) is 5.60. The molecule has 10 heteroatoms. The molecule has 0 saturated carbocycles. The molecule has 2 heterocycles. The van der Waals surface area contributed by atoms with Crippen molar-refractivity contribution in [2.24, 2.45) is 0 Å². The number of benzene rings is 2. The van der Waals surface area contributed by atoms with E-state index in [2.05, 4.69) is 19.7 Å². The molecule has 0 saturated heterocycles. The Labute approximate surface area is 185 Å². The Morgan fingerprint density at radius 3 is 2.44 bits per heavy atom. The van der Waals surface area contributed by atoms with Crippen molar-refractivity contribution >= 4 is 28.3 Å². The Kier molecular flexibility index (Phi) is 6.04. The van der Waals surface area contributed by atoms with E-state index in [9.17, 15) is 18.0 Å². The topological polar surface area (TPSA) is 68.2 Å². The molecule has 4 rings (SSSR count). The van der Waals surface area contributed by atoms with Crippen LogP contribution < -0.4 is 4.74 Å². The van der Waals surface area contributed by atoms with Gasteiger partial charge in [-0.05, 0) is 43.3 Å². The van der Waals surface area contributed by atoms with E-state index in [0.717, 1.165) is 4.88 Å². The molecule has 0 aliphatic carbocycles. The minimum Gasteiger partial charge on any atom is -0.406 e. The van der Waals surface area contributed by atoms with E-state index in [1.165, 1.54) is 41.8 Å². The lowest BCUT2D eigenvalue weighted by Crippen LogP contribution is -2.30. The number of alkyl halides is 3. The summed E-state index contributed by atoms with van der Waals surface area (Å²) in [6.07, 6.45) is -1.61. The molecule has 0 atom stereocenters. The molecule has 0 N–H and O–H groups in total. The summed E-state index contributed by atoms with van der Waals surface area (Å²) in [6.45, 7) is 2.66. The molecule has 164 valence electrons. The van der Waals surface area contributed by atoms with E-state index in [-0.39, 0.29) is 17.4 Å². The van der Waals surface area contributed by atoms with Gasteiger partial charge < -0.3 is 9.64 Å². The van der Waals surface area contributed by atoms with Crippen LogP contribution in [0.15, 0.2) is 60.9 Å². The summed E-state index contributed by atoms with van der Waals surface area (Å²) in [5, 5.41) is 0.632. The number of para-hydroxylation sites is 2. The molecule has 0 aliphatic rings. The number of fused-ring (bicyclic) bond motifs is 1. The van der Waals surface area contributed by atoms with Crippen LogP contribution in [0.4, 0.5) is 13.2 Å². The molecule has 0 fully saturated rings. The van der Waals surface area contributed by atoms with Crippen molar-refractivity contribution in [2.45, 2.75) is 19.8 Å². The van der Waals surface area contributed by atoms with Gasteiger partial charge in [-0.25, -0.2) is 9.97 Å². The van der Waals surface area contributed by atoms with Gasteiger partial charge in [-0.3, -0.25) is 9.78 Å². The van der Waals surface area contributed by atoms with Gasteiger partial charge in [-0.1, -0.05) is 12.1 Å². The third-order valence-electron chi connectivity index (χ3n) is 4.57. The van der Waals surface area contributed by atoms with E-state index in [1.807, 2.05) is 25.1 Å². The van der Waals surface area contributed by atoms with Crippen molar-refractivity contribution in [3.05, 3.63) is 71.5 Å². The quantitative estimate of drug-likeness (QED) is 0.392. The Balaban J connectivity index is 1.48. The van der Waals surface area contributed by atoms with E-state index in [1.54, 1.807) is 17.2 Å². The number of hydrogen-bond acceptors (Lipinski definition) is 6. The summed E-state index contributed by atoms with van der Waals surface area (Å²) in [4.78, 5) is 28.5. The molecule has 0 spiro atoms. The summed E-state index contributed by atoms with van der Waals surface area (Å²) >= 11 is 1.36. The summed E-state index contributed by atoms with van der Waals surface area (Å²) in [6, 6.07) is 12.8. The van der Waals surface area contributed by atoms with Gasteiger partial charge >= 0.3 is 6.36 Å². The largest absolute Gasteiger partial charge is 0.573 e. The number of carbonyl (C=O) groups excluding carboxylic acids is 1. The molecule has 32 heavy (non-hydrogen) atoms. The van der Waals surface area contributed by atoms with E-state index in [4.69, 9.17) is 0 Å². The Bertz CT molecular complexity index is 1240. The van der Waals surface area contributed by atoms with Gasteiger partial charge in [-0.2, -0.15) is 0 Å². The Morgan fingerprint density at radius 1 is 1.03 bits per heavy atom. The van der Waals surface area contributed by atoms with Crippen LogP contribution in [0.25, 0.3) is 21.6 Å². The lowest BCUT2D eigenvalue weighted by Gasteiger charge is -2.19. The van der Waals surface area contributed by atoms with Gasteiger partial charge in [0.05, 0.1) is 23.8 Å². The van der Waals surface area contributed by atoms with Crippen LogP contribution in [0.5, 0.6) is 5.75 Å². The number of ether oxygens (including phenoxy) is 1. The second kappa shape index (κ2) is 8.91. The van der Waals surface area contributed by atoms with Crippen molar-refractivity contribution in [3.63, 3.8) is 0 Å². The summed E-state index contributed by atoms with van der Waals surface area (Å²) < 4.78 is 40.8. The monoisotopic (exact) mass is 458 g/mol. The lowest BCUT2D eigenvalue weighted by molar-refractivity contribution is -0.274. The predicted octanol–water partition coefficient (Wildman–Crippen LogP) is 5.31. The highest BCUT2D eigenvalue weighted by Crippen LogP contribution is 2.29. The first kappa shape index (κ1) is 21.7. The van der Waals surface area contributed by atoms with Crippen molar-refractivity contribution in [2.75, 3.05) is 6.54 Å². The van der Waals surface area contributed by atoms with Crippen molar-refractivity contribution in [3.8, 4) is 16.3 Å². The highest BCUT2D eigenvalue weighted by Gasteiger charge is 2.31. The van der Waals surface area contributed by atoms with Gasteiger partial charge in [0, 0.05) is 23.2 Å².